The van der Waals surface area contributed by atoms with Crippen molar-refractivity contribution in [1.82, 2.24) is 10.2 Å². The molecular weight excluding hydrogens is 282 g/mol. The molecule has 0 aliphatic carbocycles. The van der Waals surface area contributed by atoms with Crippen LogP contribution < -0.4 is 15.4 Å². The summed E-state index contributed by atoms with van der Waals surface area (Å²) in [4.78, 5) is 26.2. The summed E-state index contributed by atoms with van der Waals surface area (Å²) in [6.45, 7) is 4.63. The molecule has 2 N–H and O–H groups in total. The van der Waals surface area contributed by atoms with Crippen molar-refractivity contribution in [1.29, 1.82) is 0 Å². The molecule has 2 heterocycles. The van der Waals surface area contributed by atoms with E-state index in [1.54, 1.807) is 18.2 Å². The average Bonchev–Trinajstić information content (AvgIpc) is 3.05. The lowest BCUT2D eigenvalue weighted by Gasteiger charge is -2.29. The first kappa shape index (κ1) is 14.8. The molecular formula is C16H21N3O3. The van der Waals surface area contributed by atoms with Crippen LogP contribution in [0.25, 0.3) is 0 Å². The Hall–Kier alpha value is -2.08. The van der Waals surface area contributed by atoms with E-state index in [1.807, 2.05) is 4.90 Å². The Bertz CT molecular complexity index is 582. The number of nitrogens with one attached hydrogen (secondary N) is 2. The van der Waals surface area contributed by atoms with E-state index in [9.17, 15) is 9.59 Å². The third-order valence-electron chi connectivity index (χ3n) is 4.06. The van der Waals surface area contributed by atoms with Crippen LogP contribution in [0.15, 0.2) is 18.2 Å². The Morgan fingerprint density at radius 3 is 3.05 bits per heavy atom. The van der Waals surface area contributed by atoms with Crippen LogP contribution in [-0.4, -0.2) is 49.0 Å². The molecule has 3 rings (SSSR count). The first-order chi connectivity index (χ1) is 10.7. The Morgan fingerprint density at radius 1 is 1.45 bits per heavy atom. The summed E-state index contributed by atoms with van der Waals surface area (Å²) in [7, 11) is 0. The maximum Gasteiger partial charge on any atom is 0.262 e. The molecule has 1 fully saturated rings. The minimum Gasteiger partial charge on any atom is -0.482 e. The molecule has 6 nitrogen and oxygen atoms in total. The maximum atomic E-state index is 12.8. The van der Waals surface area contributed by atoms with Crippen molar-refractivity contribution in [2.24, 2.45) is 0 Å². The molecule has 0 saturated carbocycles. The average molecular weight is 303 g/mol. The predicted octanol–water partition coefficient (Wildman–Crippen LogP) is 1.23. The summed E-state index contributed by atoms with van der Waals surface area (Å²) in [6, 6.07) is 5.47. The molecule has 0 radical (unpaired) electrons. The molecule has 1 unspecified atom stereocenters. The zero-order valence-corrected chi connectivity index (χ0v) is 12.7. The van der Waals surface area contributed by atoms with Gasteiger partial charge in [0.05, 0.1) is 5.69 Å². The molecule has 2 aliphatic heterocycles. The van der Waals surface area contributed by atoms with Gasteiger partial charge in [-0.2, -0.15) is 0 Å². The van der Waals surface area contributed by atoms with Gasteiger partial charge in [-0.25, -0.2) is 0 Å². The second kappa shape index (κ2) is 6.36. The molecule has 1 aromatic carbocycles. The van der Waals surface area contributed by atoms with E-state index in [4.69, 9.17) is 4.74 Å². The number of hydrogen-bond donors (Lipinski definition) is 2. The zero-order valence-electron chi connectivity index (χ0n) is 12.7. The standard InChI is InChI=1S/C16H21N3O3/c1-2-7-19(12-5-6-17-9-12)16(21)11-3-4-14-13(8-11)18-15(20)10-22-14/h3-4,8,12,17H,2,5-7,9-10H2,1H3,(H,18,20). The van der Waals surface area contributed by atoms with Crippen LogP contribution in [-0.2, 0) is 4.79 Å². The number of ether oxygens (including phenoxy) is 1. The lowest BCUT2D eigenvalue weighted by atomic mass is 10.1. The number of benzene rings is 1. The second-order valence-electron chi connectivity index (χ2n) is 5.69. The van der Waals surface area contributed by atoms with Gasteiger partial charge in [-0.3, -0.25) is 9.59 Å². The molecule has 1 aromatic rings. The van der Waals surface area contributed by atoms with Crippen molar-refractivity contribution >= 4 is 17.5 Å². The van der Waals surface area contributed by atoms with Crippen LogP contribution in [0.5, 0.6) is 5.75 Å². The van der Waals surface area contributed by atoms with E-state index in [-0.39, 0.29) is 24.5 Å². The fourth-order valence-electron chi connectivity index (χ4n) is 2.98. The number of carbonyl (C=O) groups excluding carboxylic acids is 2. The minimum absolute atomic E-state index is 0.0122. The predicted molar refractivity (Wildman–Crippen MR) is 83.2 cm³/mol. The summed E-state index contributed by atoms with van der Waals surface area (Å²) in [5.41, 5.74) is 1.16. The van der Waals surface area contributed by atoms with Gasteiger partial charge in [0, 0.05) is 24.7 Å². The quantitative estimate of drug-likeness (QED) is 0.878. The molecule has 0 aromatic heterocycles. The molecule has 2 amide bonds. The Kier molecular flexibility index (Phi) is 4.29. The van der Waals surface area contributed by atoms with Gasteiger partial charge in [-0.1, -0.05) is 6.92 Å². The summed E-state index contributed by atoms with van der Waals surface area (Å²) in [5.74, 6) is 0.432. The zero-order chi connectivity index (χ0) is 15.5. The van der Waals surface area contributed by atoms with Gasteiger partial charge in [0.1, 0.15) is 5.75 Å². The normalized spacial score (nSPS) is 20.0. The van der Waals surface area contributed by atoms with Crippen molar-refractivity contribution in [3.63, 3.8) is 0 Å². The molecule has 118 valence electrons. The summed E-state index contributed by atoms with van der Waals surface area (Å²) in [5, 5.41) is 6.05. The fraction of sp³-hybridized carbons (Fsp3) is 0.500. The van der Waals surface area contributed by atoms with Gasteiger partial charge in [-0.15, -0.1) is 0 Å². The van der Waals surface area contributed by atoms with Crippen molar-refractivity contribution in [3.8, 4) is 5.75 Å². The second-order valence-corrected chi connectivity index (χ2v) is 5.69. The van der Waals surface area contributed by atoms with Crippen LogP contribution in [0.1, 0.15) is 30.1 Å². The van der Waals surface area contributed by atoms with E-state index < -0.39 is 0 Å². The monoisotopic (exact) mass is 303 g/mol. The van der Waals surface area contributed by atoms with E-state index in [2.05, 4.69) is 17.6 Å². The topological polar surface area (TPSA) is 70.7 Å². The number of amides is 2. The first-order valence-electron chi connectivity index (χ1n) is 7.77. The van der Waals surface area contributed by atoms with Crippen molar-refractivity contribution in [3.05, 3.63) is 23.8 Å². The third kappa shape index (κ3) is 2.92. The van der Waals surface area contributed by atoms with Crippen LogP contribution in [0.4, 0.5) is 5.69 Å². The fourth-order valence-corrected chi connectivity index (χ4v) is 2.98. The largest absolute Gasteiger partial charge is 0.482 e. The van der Waals surface area contributed by atoms with Crippen LogP contribution in [0.3, 0.4) is 0 Å². The van der Waals surface area contributed by atoms with Gasteiger partial charge in [0.2, 0.25) is 0 Å². The number of fused-ring (bicyclic) bond motifs is 1. The van der Waals surface area contributed by atoms with Gasteiger partial charge < -0.3 is 20.3 Å². The summed E-state index contributed by atoms with van der Waals surface area (Å²) >= 11 is 0. The van der Waals surface area contributed by atoms with Gasteiger partial charge in [0.15, 0.2) is 6.61 Å². The first-order valence-corrected chi connectivity index (χ1v) is 7.77. The number of carbonyl (C=O) groups is 2. The maximum absolute atomic E-state index is 12.8. The highest BCUT2D eigenvalue weighted by Crippen LogP contribution is 2.29. The third-order valence-corrected chi connectivity index (χ3v) is 4.06. The number of anilines is 1. The molecule has 1 atom stereocenters. The van der Waals surface area contributed by atoms with E-state index in [1.165, 1.54) is 0 Å². The van der Waals surface area contributed by atoms with E-state index in [0.29, 0.717) is 17.0 Å². The van der Waals surface area contributed by atoms with Gasteiger partial charge in [0.25, 0.3) is 11.8 Å². The lowest BCUT2D eigenvalue weighted by molar-refractivity contribution is -0.118. The highest BCUT2D eigenvalue weighted by Gasteiger charge is 2.27. The Morgan fingerprint density at radius 2 is 2.32 bits per heavy atom. The van der Waals surface area contributed by atoms with Crippen LogP contribution in [0.2, 0.25) is 0 Å². The smallest absolute Gasteiger partial charge is 0.262 e. The minimum atomic E-state index is -0.192. The Labute approximate surface area is 129 Å². The molecule has 2 aliphatic rings. The van der Waals surface area contributed by atoms with Crippen LogP contribution >= 0.6 is 0 Å². The summed E-state index contributed by atoms with van der Waals surface area (Å²) in [6.07, 6.45) is 1.91. The SMILES string of the molecule is CCCN(C(=O)c1ccc2c(c1)NC(=O)CO2)C1CCNC1. The van der Waals surface area contributed by atoms with Crippen LogP contribution in [0, 0.1) is 0 Å². The number of nitrogens with zero attached hydrogens (tertiary/aromatic N) is 1. The Balaban J connectivity index is 1.83. The van der Waals surface area contributed by atoms with E-state index >= 15 is 0 Å². The molecule has 0 spiro atoms. The van der Waals surface area contributed by atoms with Crippen molar-refractivity contribution in [2.45, 2.75) is 25.8 Å². The highest BCUT2D eigenvalue weighted by molar-refractivity contribution is 6.00. The number of rotatable bonds is 4. The molecule has 0 bridgehead atoms. The number of hydrogen-bond acceptors (Lipinski definition) is 4. The molecule has 6 heteroatoms. The van der Waals surface area contributed by atoms with Gasteiger partial charge in [-0.05, 0) is 37.6 Å². The van der Waals surface area contributed by atoms with E-state index in [0.717, 1.165) is 32.5 Å². The summed E-state index contributed by atoms with van der Waals surface area (Å²) < 4.78 is 5.33. The molecule has 22 heavy (non-hydrogen) atoms. The van der Waals surface area contributed by atoms with Gasteiger partial charge >= 0.3 is 0 Å². The highest BCUT2D eigenvalue weighted by atomic mass is 16.5. The molecule has 1 saturated heterocycles. The van der Waals surface area contributed by atoms with Crippen molar-refractivity contribution < 1.29 is 14.3 Å². The lowest BCUT2D eigenvalue weighted by Crippen LogP contribution is -2.42. The van der Waals surface area contributed by atoms with Crippen molar-refractivity contribution in [2.75, 3.05) is 31.6 Å².